The van der Waals surface area contributed by atoms with Gasteiger partial charge in [-0.1, -0.05) is 22.9 Å². The zero-order valence-corrected chi connectivity index (χ0v) is 16.1. The average Bonchev–Trinajstić information content (AvgIpc) is 3.37. The predicted molar refractivity (Wildman–Crippen MR) is 104 cm³/mol. The lowest BCUT2D eigenvalue weighted by molar-refractivity contribution is -0.154. The molecule has 0 radical (unpaired) electrons. The predicted octanol–water partition coefficient (Wildman–Crippen LogP) is 3.10. The van der Waals surface area contributed by atoms with E-state index in [0.29, 0.717) is 11.4 Å². The molecule has 1 aliphatic heterocycles. The summed E-state index contributed by atoms with van der Waals surface area (Å²) < 4.78 is 10.7. The van der Waals surface area contributed by atoms with Crippen molar-refractivity contribution in [1.82, 2.24) is 15.1 Å². The van der Waals surface area contributed by atoms with Gasteiger partial charge in [-0.3, -0.25) is 14.6 Å². The van der Waals surface area contributed by atoms with Crippen molar-refractivity contribution < 1.29 is 18.8 Å². The molecule has 8 heteroatoms. The minimum absolute atomic E-state index is 0.0971. The molecule has 148 valence electrons. The Labute approximate surface area is 167 Å². The van der Waals surface area contributed by atoms with Crippen LogP contribution in [-0.4, -0.2) is 33.5 Å². The Morgan fingerprint density at radius 3 is 2.79 bits per heavy atom. The third-order valence-electron chi connectivity index (χ3n) is 4.81. The first kappa shape index (κ1) is 18.8. The monoisotopic (exact) mass is 392 g/mol. The quantitative estimate of drug-likeness (QED) is 0.615. The fraction of sp³-hybridized carbons (Fsp3) is 0.286. The molecular weight excluding hydrogens is 372 g/mol. The Balaban J connectivity index is 1.40. The largest absolute Gasteiger partial charge is 0.452 e. The van der Waals surface area contributed by atoms with E-state index in [0.717, 1.165) is 11.3 Å². The second-order valence-corrected chi connectivity index (χ2v) is 7.02. The summed E-state index contributed by atoms with van der Waals surface area (Å²) in [7, 11) is 0. The van der Waals surface area contributed by atoms with Crippen molar-refractivity contribution in [2.75, 3.05) is 11.4 Å². The number of carbonyl (C=O) groups excluding carboxylic acids is 2. The lowest BCUT2D eigenvalue weighted by Crippen LogP contribution is -2.26. The number of ether oxygens (including phenoxy) is 1. The van der Waals surface area contributed by atoms with Gasteiger partial charge >= 0.3 is 5.97 Å². The van der Waals surface area contributed by atoms with E-state index in [9.17, 15) is 9.59 Å². The first-order chi connectivity index (χ1) is 14.0. The molecule has 1 aromatic carbocycles. The van der Waals surface area contributed by atoms with Gasteiger partial charge in [0.15, 0.2) is 6.10 Å². The van der Waals surface area contributed by atoms with Crippen LogP contribution in [0.2, 0.25) is 0 Å². The number of esters is 1. The smallest absolute Gasteiger partial charge is 0.312 e. The van der Waals surface area contributed by atoms with Crippen LogP contribution < -0.4 is 4.90 Å². The van der Waals surface area contributed by atoms with Gasteiger partial charge in [-0.2, -0.15) is 4.98 Å². The maximum atomic E-state index is 12.6. The Morgan fingerprint density at radius 1 is 1.28 bits per heavy atom. The number of amides is 1. The van der Waals surface area contributed by atoms with Crippen molar-refractivity contribution in [3.63, 3.8) is 0 Å². The Bertz CT molecular complexity index is 1020. The van der Waals surface area contributed by atoms with Crippen LogP contribution in [-0.2, 0) is 14.3 Å². The highest BCUT2D eigenvalue weighted by molar-refractivity contribution is 5.99. The standard InChI is InChI=1S/C21H20N4O4/c1-13-5-7-17(8-6-13)25-12-16(10-18(25)26)21(27)28-14(2)20-23-19(24-29-20)15-4-3-9-22-11-15/h3-9,11,14,16H,10,12H2,1-2H3. The molecule has 0 N–H and O–H groups in total. The van der Waals surface area contributed by atoms with Crippen molar-refractivity contribution in [2.45, 2.75) is 26.4 Å². The second kappa shape index (κ2) is 7.83. The summed E-state index contributed by atoms with van der Waals surface area (Å²) in [5.74, 6) is -0.525. The summed E-state index contributed by atoms with van der Waals surface area (Å²) in [6.45, 7) is 3.93. The van der Waals surface area contributed by atoms with Crippen molar-refractivity contribution >= 4 is 17.6 Å². The van der Waals surface area contributed by atoms with Crippen LogP contribution in [0.25, 0.3) is 11.4 Å². The SMILES string of the molecule is Cc1ccc(N2CC(C(=O)OC(C)c3nc(-c4cccnc4)no3)CC2=O)cc1. The maximum absolute atomic E-state index is 12.6. The lowest BCUT2D eigenvalue weighted by atomic mass is 10.1. The molecule has 4 rings (SSSR count). The highest BCUT2D eigenvalue weighted by atomic mass is 16.6. The van der Waals surface area contributed by atoms with Gasteiger partial charge in [0.05, 0.1) is 5.92 Å². The molecule has 0 bridgehead atoms. The molecule has 2 aromatic heterocycles. The molecule has 1 aliphatic rings. The molecule has 0 spiro atoms. The van der Waals surface area contributed by atoms with Crippen molar-refractivity contribution in [1.29, 1.82) is 0 Å². The van der Waals surface area contributed by atoms with E-state index in [-0.39, 0.29) is 24.8 Å². The topological polar surface area (TPSA) is 98.4 Å². The van der Waals surface area contributed by atoms with E-state index in [1.54, 1.807) is 30.3 Å². The van der Waals surface area contributed by atoms with Gasteiger partial charge in [0.2, 0.25) is 11.7 Å². The third kappa shape index (κ3) is 4.01. The van der Waals surface area contributed by atoms with Gasteiger partial charge in [-0.05, 0) is 38.1 Å². The zero-order valence-electron chi connectivity index (χ0n) is 16.1. The van der Waals surface area contributed by atoms with E-state index in [1.807, 2.05) is 37.3 Å². The van der Waals surface area contributed by atoms with E-state index in [1.165, 1.54) is 0 Å². The fourth-order valence-corrected chi connectivity index (χ4v) is 3.17. The Morgan fingerprint density at radius 2 is 2.07 bits per heavy atom. The maximum Gasteiger partial charge on any atom is 0.312 e. The first-order valence-corrected chi connectivity index (χ1v) is 9.33. The lowest BCUT2D eigenvalue weighted by Gasteiger charge is -2.17. The van der Waals surface area contributed by atoms with Crippen LogP contribution >= 0.6 is 0 Å². The Kier molecular flexibility index (Phi) is 5.07. The van der Waals surface area contributed by atoms with E-state index >= 15 is 0 Å². The van der Waals surface area contributed by atoms with Gasteiger partial charge in [-0.15, -0.1) is 0 Å². The summed E-state index contributed by atoms with van der Waals surface area (Å²) in [6, 6.07) is 11.2. The molecule has 1 fully saturated rings. The minimum atomic E-state index is -0.719. The summed E-state index contributed by atoms with van der Waals surface area (Å²) >= 11 is 0. The molecule has 0 aliphatic carbocycles. The third-order valence-corrected chi connectivity index (χ3v) is 4.81. The first-order valence-electron chi connectivity index (χ1n) is 9.33. The van der Waals surface area contributed by atoms with E-state index < -0.39 is 18.0 Å². The molecule has 2 unspecified atom stereocenters. The molecule has 1 saturated heterocycles. The number of carbonyl (C=O) groups is 2. The molecule has 2 atom stereocenters. The molecular formula is C21H20N4O4. The summed E-state index contributed by atoms with van der Waals surface area (Å²) in [5, 5.41) is 3.90. The zero-order chi connectivity index (χ0) is 20.4. The van der Waals surface area contributed by atoms with Crippen LogP contribution in [0.5, 0.6) is 0 Å². The molecule has 0 saturated carbocycles. The molecule has 3 heterocycles. The number of pyridine rings is 1. The summed E-state index contributed by atoms with van der Waals surface area (Å²) in [6.07, 6.45) is 2.67. The summed E-state index contributed by atoms with van der Waals surface area (Å²) in [4.78, 5) is 34.8. The number of hydrogen-bond donors (Lipinski definition) is 0. The molecule has 29 heavy (non-hydrogen) atoms. The van der Waals surface area contributed by atoms with Crippen molar-refractivity contribution in [2.24, 2.45) is 5.92 Å². The Hall–Kier alpha value is -3.55. The van der Waals surface area contributed by atoms with E-state index in [2.05, 4.69) is 15.1 Å². The average molecular weight is 392 g/mol. The number of anilines is 1. The van der Waals surface area contributed by atoms with Gasteiger partial charge in [-0.25, -0.2) is 0 Å². The van der Waals surface area contributed by atoms with Crippen LogP contribution in [0.15, 0.2) is 53.3 Å². The number of nitrogens with zero attached hydrogens (tertiary/aromatic N) is 4. The van der Waals surface area contributed by atoms with Crippen LogP contribution in [0, 0.1) is 12.8 Å². The van der Waals surface area contributed by atoms with Crippen molar-refractivity contribution in [3.05, 3.63) is 60.2 Å². The minimum Gasteiger partial charge on any atom is -0.452 e. The van der Waals surface area contributed by atoms with Gasteiger partial charge in [0, 0.05) is 36.6 Å². The van der Waals surface area contributed by atoms with Crippen LogP contribution in [0.3, 0.4) is 0 Å². The number of aromatic nitrogens is 3. The molecule has 3 aromatic rings. The normalized spacial score (nSPS) is 17.4. The number of rotatable bonds is 5. The second-order valence-electron chi connectivity index (χ2n) is 7.02. The van der Waals surface area contributed by atoms with E-state index in [4.69, 9.17) is 9.26 Å². The van der Waals surface area contributed by atoms with Gasteiger partial charge in [0.25, 0.3) is 5.89 Å². The van der Waals surface area contributed by atoms with Crippen LogP contribution in [0.1, 0.15) is 30.9 Å². The van der Waals surface area contributed by atoms with Gasteiger partial charge in [0.1, 0.15) is 0 Å². The van der Waals surface area contributed by atoms with Crippen LogP contribution in [0.4, 0.5) is 5.69 Å². The highest BCUT2D eigenvalue weighted by Gasteiger charge is 2.37. The van der Waals surface area contributed by atoms with Crippen molar-refractivity contribution in [3.8, 4) is 11.4 Å². The number of hydrogen-bond acceptors (Lipinski definition) is 7. The molecule has 1 amide bonds. The van der Waals surface area contributed by atoms with Gasteiger partial charge < -0.3 is 14.2 Å². The number of aryl methyl sites for hydroxylation is 1. The fourth-order valence-electron chi connectivity index (χ4n) is 3.17. The number of benzene rings is 1. The highest BCUT2D eigenvalue weighted by Crippen LogP contribution is 2.28. The molecule has 8 nitrogen and oxygen atoms in total. The summed E-state index contributed by atoms with van der Waals surface area (Å²) in [5.41, 5.74) is 2.59.